The zero-order valence-corrected chi connectivity index (χ0v) is 28.5. The summed E-state index contributed by atoms with van der Waals surface area (Å²) in [6, 6.07) is 10.8. The second-order valence-electron chi connectivity index (χ2n) is 12.1. The van der Waals surface area contributed by atoms with Gasteiger partial charge in [0.05, 0.1) is 10.4 Å². The summed E-state index contributed by atoms with van der Waals surface area (Å²) in [5.74, 6) is 0.135. The Kier molecular flexibility index (Phi) is 14.7. The van der Waals surface area contributed by atoms with Crippen molar-refractivity contribution in [2.24, 2.45) is 0 Å². The lowest BCUT2D eigenvalue weighted by Gasteiger charge is -2.28. The van der Waals surface area contributed by atoms with Crippen LogP contribution in [0.25, 0.3) is 10.9 Å². The van der Waals surface area contributed by atoms with Crippen molar-refractivity contribution in [2.45, 2.75) is 107 Å². The first kappa shape index (κ1) is 38.6. The molecular weight excluding hydrogens is 578 g/mol. The topological polar surface area (TPSA) is 141 Å². The van der Waals surface area contributed by atoms with Gasteiger partial charge in [-0.3, -0.25) is 14.9 Å². The Morgan fingerprint density at radius 1 is 0.911 bits per heavy atom. The molecule has 3 rings (SSSR count). The molecule has 0 aliphatic carbocycles. The number of H-pyrrole nitrogens is 1. The average molecular weight is 628 g/mol. The van der Waals surface area contributed by atoms with Crippen molar-refractivity contribution in [3.8, 4) is 5.75 Å². The molecule has 1 aromatic heterocycles. The highest BCUT2D eigenvalue weighted by Gasteiger charge is 2.24. The SMILES string of the molecule is CC.CCC.Cc1cc([N+](=O)[O-])ccc1CN(CCc1ccc(OC(=O)OC(C)(C)C)c2[nH]c(=O)ccc12)C(=O)OC(C)(C)C. The maximum absolute atomic E-state index is 13.1. The lowest BCUT2D eigenvalue weighted by atomic mass is 10.0. The van der Waals surface area contributed by atoms with Gasteiger partial charge in [0.1, 0.15) is 11.2 Å². The van der Waals surface area contributed by atoms with Gasteiger partial charge in [-0.25, -0.2) is 9.59 Å². The van der Waals surface area contributed by atoms with Crippen LogP contribution in [0, 0.1) is 17.0 Å². The Labute approximate surface area is 266 Å². The molecule has 1 heterocycles. The van der Waals surface area contributed by atoms with Gasteiger partial charge in [0.25, 0.3) is 5.69 Å². The lowest BCUT2D eigenvalue weighted by molar-refractivity contribution is -0.384. The molecule has 2 aromatic carbocycles. The summed E-state index contributed by atoms with van der Waals surface area (Å²) < 4.78 is 16.2. The van der Waals surface area contributed by atoms with Crippen LogP contribution in [0.1, 0.15) is 92.3 Å². The van der Waals surface area contributed by atoms with Crippen molar-refractivity contribution in [2.75, 3.05) is 6.54 Å². The Morgan fingerprint density at radius 3 is 2.02 bits per heavy atom. The molecule has 11 heteroatoms. The quantitative estimate of drug-likeness (QED) is 0.119. The first-order valence-electron chi connectivity index (χ1n) is 15.2. The third kappa shape index (κ3) is 13.0. The number of aromatic amines is 1. The van der Waals surface area contributed by atoms with E-state index in [9.17, 15) is 24.5 Å². The molecule has 0 saturated heterocycles. The molecule has 0 spiro atoms. The van der Waals surface area contributed by atoms with Gasteiger partial charge in [-0.15, -0.1) is 0 Å². The third-order valence-corrected chi connectivity index (χ3v) is 5.73. The number of non-ortho nitro benzene ring substituents is 1. The van der Waals surface area contributed by atoms with Crippen molar-refractivity contribution in [1.29, 1.82) is 0 Å². The number of rotatable bonds is 7. The summed E-state index contributed by atoms with van der Waals surface area (Å²) in [5, 5.41) is 11.8. The molecule has 0 aliphatic rings. The number of aryl methyl sites for hydroxylation is 1. The number of carbonyl (C=O) groups is 2. The van der Waals surface area contributed by atoms with Crippen molar-refractivity contribution in [3.05, 3.63) is 79.6 Å². The second kappa shape index (κ2) is 17.2. The molecule has 0 radical (unpaired) electrons. The van der Waals surface area contributed by atoms with E-state index in [1.54, 1.807) is 72.7 Å². The van der Waals surface area contributed by atoms with Crippen LogP contribution in [0.2, 0.25) is 0 Å². The highest BCUT2D eigenvalue weighted by atomic mass is 16.7. The molecule has 45 heavy (non-hydrogen) atoms. The molecule has 3 aromatic rings. The number of nitro groups is 1. The smallest absolute Gasteiger partial charge is 0.444 e. The van der Waals surface area contributed by atoms with E-state index in [0.29, 0.717) is 22.9 Å². The first-order valence-corrected chi connectivity index (χ1v) is 15.2. The van der Waals surface area contributed by atoms with E-state index < -0.39 is 28.4 Å². The highest BCUT2D eigenvalue weighted by Crippen LogP contribution is 2.28. The van der Waals surface area contributed by atoms with E-state index in [4.69, 9.17) is 14.2 Å². The van der Waals surface area contributed by atoms with Gasteiger partial charge in [-0.2, -0.15) is 0 Å². The van der Waals surface area contributed by atoms with E-state index in [1.807, 2.05) is 13.8 Å². The molecule has 0 saturated carbocycles. The monoisotopic (exact) mass is 627 g/mol. The van der Waals surface area contributed by atoms with Gasteiger partial charge in [0, 0.05) is 36.7 Å². The molecule has 1 amide bonds. The first-order chi connectivity index (χ1) is 20.9. The van der Waals surface area contributed by atoms with E-state index >= 15 is 0 Å². The summed E-state index contributed by atoms with van der Waals surface area (Å²) in [6.45, 7) is 20.9. The lowest BCUT2D eigenvalue weighted by Crippen LogP contribution is -2.37. The van der Waals surface area contributed by atoms with Gasteiger partial charge in [0.15, 0.2) is 5.75 Å². The summed E-state index contributed by atoms with van der Waals surface area (Å²) >= 11 is 0. The van der Waals surface area contributed by atoms with Crippen molar-refractivity contribution in [1.82, 2.24) is 9.88 Å². The summed E-state index contributed by atoms with van der Waals surface area (Å²) in [4.78, 5) is 52.5. The number of hydrogen-bond acceptors (Lipinski definition) is 8. The predicted octanol–water partition coefficient (Wildman–Crippen LogP) is 8.48. The fourth-order valence-electron chi connectivity index (χ4n) is 3.94. The predicted molar refractivity (Wildman–Crippen MR) is 177 cm³/mol. The van der Waals surface area contributed by atoms with Crippen LogP contribution in [0.4, 0.5) is 15.3 Å². The zero-order chi connectivity index (χ0) is 34.5. The minimum absolute atomic E-state index is 0.0285. The normalized spacial score (nSPS) is 10.9. The fraction of sp³-hybridized carbons (Fsp3) is 0.500. The van der Waals surface area contributed by atoms with Gasteiger partial charge in [-0.05, 0) is 83.7 Å². The van der Waals surface area contributed by atoms with Gasteiger partial charge >= 0.3 is 12.2 Å². The third-order valence-electron chi connectivity index (χ3n) is 5.73. The number of nitrogens with zero attached hydrogens (tertiary/aromatic N) is 2. The number of ether oxygens (including phenoxy) is 3. The number of hydrogen-bond donors (Lipinski definition) is 1. The van der Waals surface area contributed by atoms with Crippen LogP contribution < -0.4 is 10.3 Å². The number of carbonyl (C=O) groups excluding carboxylic acids is 2. The van der Waals surface area contributed by atoms with Crippen LogP contribution in [-0.4, -0.2) is 44.8 Å². The molecule has 0 atom stereocenters. The molecule has 0 bridgehead atoms. The molecule has 1 N–H and O–H groups in total. The molecular formula is C34H49N3O8. The minimum atomic E-state index is -0.902. The van der Waals surface area contributed by atoms with Crippen molar-refractivity contribution >= 4 is 28.8 Å². The Morgan fingerprint density at radius 2 is 1.49 bits per heavy atom. The number of fused-ring (bicyclic) bond motifs is 1. The molecule has 0 aliphatic heterocycles. The van der Waals surface area contributed by atoms with Crippen molar-refractivity contribution < 1.29 is 28.7 Å². The van der Waals surface area contributed by atoms with E-state index in [2.05, 4.69) is 18.8 Å². The van der Waals surface area contributed by atoms with Crippen LogP contribution >= 0.6 is 0 Å². The summed E-state index contributed by atoms with van der Waals surface area (Å²) in [6.07, 6.45) is 0.189. The fourth-order valence-corrected chi connectivity index (χ4v) is 3.94. The Hall–Kier alpha value is -4.41. The van der Waals surface area contributed by atoms with Gasteiger partial charge in [-0.1, -0.05) is 46.2 Å². The van der Waals surface area contributed by atoms with E-state index in [1.165, 1.54) is 29.5 Å². The number of benzene rings is 2. The number of aromatic nitrogens is 1. The number of amides is 1. The zero-order valence-electron chi connectivity index (χ0n) is 28.5. The van der Waals surface area contributed by atoms with Crippen molar-refractivity contribution in [3.63, 3.8) is 0 Å². The van der Waals surface area contributed by atoms with Crippen LogP contribution in [0.5, 0.6) is 5.75 Å². The number of nitrogens with one attached hydrogen (secondary N) is 1. The number of pyridine rings is 1. The largest absolute Gasteiger partial charge is 0.514 e. The maximum atomic E-state index is 13.1. The van der Waals surface area contributed by atoms with E-state index in [0.717, 1.165) is 11.1 Å². The highest BCUT2D eigenvalue weighted by molar-refractivity contribution is 5.89. The van der Waals surface area contributed by atoms with E-state index in [-0.39, 0.29) is 30.1 Å². The molecule has 0 fully saturated rings. The Bertz CT molecular complexity index is 1500. The summed E-state index contributed by atoms with van der Waals surface area (Å²) in [7, 11) is 0. The number of nitro benzene ring substituents is 1. The second-order valence-corrected chi connectivity index (χ2v) is 12.1. The van der Waals surface area contributed by atoms with Crippen LogP contribution in [0.3, 0.4) is 0 Å². The molecule has 0 unspecified atom stereocenters. The maximum Gasteiger partial charge on any atom is 0.514 e. The molecule has 248 valence electrons. The van der Waals surface area contributed by atoms with Crippen LogP contribution in [0.15, 0.2) is 47.3 Å². The Balaban J connectivity index is 0.00000191. The summed E-state index contributed by atoms with van der Waals surface area (Å²) in [5.41, 5.74) is 0.644. The van der Waals surface area contributed by atoms with Gasteiger partial charge in [0.2, 0.25) is 5.56 Å². The molecule has 11 nitrogen and oxygen atoms in total. The standard InChI is InChI=1S/C29H35N3O8.C3H8.C2H6/c1-18-16-21(32(36)37)10-8-20(18)17-31(26(34)39-28(2,3)4)15-14-19-9-12-23(38-27(35)40-29(5,6)7)25-22(19)11-13-24(33)30-25;1-3-2;1-2/h8-13,16H,14-15,17H2,1-7H3,(H,30,33);3H2,1-2H3;1-2H3. The van der Waals surface area contributed by atoms with Gasteiger partial charge < -0.3 is 24.1 Å². The minimum Gasteiger partial charge on any atom is -0.444 e. The average Bonchev–Trinajstić information content (AvgIpc) is 2.92. The van der Waals surface area contributed by atoms with Crippen LogP contribution in [-0.2, 0) is 22.4 Å².